The Labute approximate surface area is 152 Å². The van der Waals surface area contributed by atoms with Gasteiger partial charge < -0.3 is 19.7 Å². The van der Waals surface area contributed by atoms with E-state index in [9.17, 15) is 5.26 Å². The molecule has 0 unspecified atom stereocenters. The zero-order valence-electron chi connectivity index (χ0n) is 15.2. The van der Waals surface area contributed by atoms with Crippen LogP contribution in [-0.4, -0.2) is 33.3 Å². The lowest BCUT2D eigenvalue weighted by atomic mass is 10.1. The SMILES string of the molecule is COc1ccc(OC)c2nc(Nc3cccc(N(C)C)c3)c(C#N)cc12. The van der Waals surface area contributed by atoms with Crippen molar-refractivity contribution >= 4 is 28.1 Å². The number of ether oxygens (including phenoxy) is 2. The fourth-order valence-electron chi connectivity index (χ4n) is 2.73. The molecule has 0 aliphatic heterocycles. The maximum atomic E-state index is 9.58. The third-order valence-electron chi connectivity index (χ3n) is 4.09. The smallest absolute Gasteiger partial charge is 0.149 e. The van der Waals surface area contributed by atoms with Gasteiger partial charge in [-0.2, -0.15) is 5.26 Å². The molecule has 3 aromatic rings. The minimum Gasteiger partial charge on any atom is -0.496 e. The molecule has 0 spiro atoms. The standard InChI is InChI=1S/C20H20N4O2/c1-24(2)15-7-5-6-14(11-15)22-20-13(12-21)10-16-17(25-3)8-9-18(26-4)19(16)23-20/h5-11H,1-4H3,(H,22,23). The van der Waals surface area contributed by atoms with Crippen LogP contribution in [0.5, 0.6) is 11.5 Å². The van der Waals surface area contributed by atoms with Crippen molar-refractivity contribution in [2.24, 2.45) is 0 Å². The summed E-state index contributed by atoms with van der Waals surface area (Å²) in [6, 6.07) is 15.5. The highest BCUT2D eigenvalue weighted by atomic mass is 16.5. The number of fused-ring (bicyclic) bond motifs is 1. The minimum absolute atomic E-state index is 0.430. The van der Waals surface area contributed by atoms with Crippen molar-refractivity contribution < 1.29 is 9.47 Å². The van der Waals surface area contributed by atoms with Crippen LogP contribution in [0.1, 0.15) is 5.56 Å². The lowest BCUT2D eigenvalue weighted by Gasteiger charge is -2.15. The summed E-state index contributed by atoms with van der Waals surface area (Å²) >= 11 is 0. The van der Waals surface area contributed by atoms with Crippen LogP contribution in [-0.2, 0) is 0 Å². The molecule has 3 rings (SSSR count). The Hall–Kier alpha value is -3.46. The Balaban J connectivity index is 2.14. The van der Waals surface area contributed by atoms with Crippen LogP contribution in [0.4, 0.5) is 17.2 Å². The third kappa shape index (κ3) is 3.20. The van der Waals surface area contributed by atoms with Gasteiger partial charge in [-0.3, -0.25) is 0 Å². The number of pyridine rings is 1. The second-order valence-corrected chi connectivity index (χ2v) is 5.93. The van der Waals surface area contributed by atoms with Gasteiger partial charge in [0.25, 0.3) is 0 Å². The van der Waals surface area contributed by atoms with Gasteiger partial charge in [-0.15, -0.1) is 0 Å². The van der Waals surface area contributed by atoms with Gasteiger partial charge in [0.2, 0.25) is 0 Å². The maximum Gasteiger partial charge on any atom is 0.149 e. The molecule has 6 nitrogen and oxygen atoms in total. The van der Waals surface area contributed by atoms with E-state index < -0.39 is 0 Å². The minimum atomic E-state index is 0.430. The Morgan fingerprint density at radius 2 is 1.77 bits per heavy atom. The molecule has 26 heavy (non-hydrogen) atoms. The molecule has 1 aromatic heterocycles. The highest BCUT2D eigenvalue weighted by molar-refractivity contribution is 5.93. The molecule has 0 amide bonds. The Morgan fingerprint density at radius 3 is 2.42 bits per heavy atom. The first kappa shape index (κ1) is 17.4. The Bertz CT molecular complexity index is 993. The van der Waals surface area contributed by atoms with Gasteiger partial charge >= 0.3 is 0 Å². The van der Waals surface area contributed by atoms with E-state index >= 15 is 0 Å². The van der Waals surface area contributed by atoms with Gasteiger partial charge in [-0.05, 0) is 36.4 Å². The lowest BCUT2D eigenvalue weighted by molar-refractivity contribution is 0.410. The molecule has 0 fully saturated rings. The number of anilines is 3. The molecule has 1 heterocycles. The normalized spacial score (nSPS) is 10.3. The topological polar surface area (TPSA) is 70.4 Å². The number of aromatic nitrogens is 1. The molecule has 6 heteroatoms. The summed E-state index contributed by atoms with van der Waals surface area (Å²) in [6.45, 7) is 0. The van der Waals surface area contributed by atoms with Crippen LogP contribution < -0.4 is 19.7 Å². The van der Waals surface area contributed by atoms with Crippen molar-refractivity contribution in [1.82, 2.24) is 4.98 Å². The van der Waals surface area contributed by atoms with Crippen molar-refractivity contribution in [2.45, 2.75) is 0 Å². The predicted molar refractivity (Wildman–Crippen MR) is 104 cm³/mol. The summed E-state index contributed by atoms with van der Waals surface area (Å²) < 4.78 is 10.8. The second kappa shape index (κ2) is 7.19. The molecule has 132 valence electrons. The summed E-state index contributed by atoms with van der Waals surface area (Å²) in [4.78, 5) is 6.65. The quantitative estimate of drug-likeness (QED) is 0.753. The van der Waals surface area contributed by atoms with Gasteiger partial charge in [0, 0.05) is 30.9 Å². The van der Waals surface area contributed by atoms with E-state index in [2.05, 4.69) is 16.4 Å². The molecule has 1 N–H and O–H groups in total. The third-order valence-corrected chi connectivity index (χ3v) is 4.09. The van der Waals surface area contributed by atoms with Crippen LogP contribution in [0.25, 0.3) is 10.9 Å². The van der Waals surface area contributed by atoms with Crippen LogP contribution in [0.3, 0.4) is 0 Å². The number of nitrogens with zero attached hydrogens (tertiary/aromatic N) is 3. The molecule has 0 aliphatic rings. The number of rotatable bonds is 5. The van der Waals surface area contributed by atoms with Crippen molar-refractivity contribution in [3.05, 3.63) is 48.0 Å². The molecule has 0 atom stereocenters. The largest absolute Gasteiger partial charge is 0.496 e. The van der Waals surface area contributed by atoms with Crippen molar-refractivity contribution in [1.29, 1.82) is 5.26 Å². The predicted octanol–water partition coefficient (Wildman–Crippen LogP) is 3.93. The molecule has 2 aromatic carbocycles. The average Bonchev–Trinajstić information content (AvgIpc) is 2.66. The Kier molecular flexibility index (Phi) is 4.81. The van der Waals surface area contributed by atoms with E-state index in [0.29, 0.717) is 28.4 Å². The lowest BCUT2D eigenvalue weighted by Crippen LogP contribution is -2.08. The van der Waals surface area contributed by atoms with Crippen molar-refractivity contribution in [2.75, 3.05) is 38.5 Å². The molecular weight excluding hydrogens is 328 g/mol. The number of benzene rings is 2. The first-order valence-electron chi connectivity index (χ1n) is 8.07. The summed E-state index contributed by atoms with van der Waals surface area (Å²) in [7, 11) is 7.14. The van der Waals surface area contributed by atoms with E-state index in [-0.39, 0.29) is 0 Å². The van der Waals surface area contributed by atoms with Crippen LogP contribution in [0.2, 0.25) is 0 Å². The molecule has 0 aliphatic carbocycles. The number of methoxy groups -OCH3 is 2. The van der Waals surface area contributed by atoms with Crippen molar-refractivity contribution in [3.63, 3.8) is 0 Å². The van der Waals surface area contributed by atoms with Gasteiger partial charge in [0.05, 0.1) is 19.8 Å². The highest BCUT2D eigenvalue weighted by Crippen LogP contribution is 2.35. The summed E-state index contributed by atoms with van der Waals surface area (Å²) in [5.74, 6) is 1.74. The average molecular weight is 348 g/mol. The first-order valence-corrected chi connectivity index (χ1v) is 8.07. The number of nitriles is 1. The summed E-state index contributed by atoms with van der Waals surface area (Å²) in [6.07, 6.45) is 0. The zero-order valence-corrected chi connectivity index (χ0v) is 15.2. The van der Waals surface area contributed by atoms with E-state index in [4.69, 9.17) is 9.47 Å². The summed E-state index contributed by atoms with van der Waals surface area (Å²) in [5.41, 5.74) is 2.96. The second-order valence-electron chi connectivity index (χ2n) is 5.93. The van der Waals surface area contributed by atoms with Gasteiger partial charge in [0.1, 0.15) is 28.9 Å². The fraction of sp³-hybridized carbons (Fsp3) is 0.200. The molecule has 0 radical (unpaired) electrons. The first-order chi connectivity index (χ1) is 12.6. The van der Waals surface area contributed by atoms with Crippen LogP contribution >= 0.6 is 0 Å². The van der Waals surface area contributed by atoms with E-state index in [1.165, 1.54) is 0 Å². The Morgan fingerprint density at radius 1 is 1.04 bits per heavy atom. The molecular formula is C20H20N4O2. The number of hydrogen-bond acceptors (Lipinski definition) is 6. The van der Waals surface area contributed by atoms with E-state index in [1.807, 2.05) is 43.3 Å². The van der Waals surface area contributed by atoms with Gasteiger partial charge in [-0.25, -0.2) is 4.98 Å². The molecule has 0 bridgehead atoms. The van der Waals surface area contributed by atoms with E-state index in [0.717, 1.165) is 16.8 Å². The number of hydrogen-bond donors (Lipinski definition) is 1. The highest BCUT2D eigenvalue weighted by Gasteiger charge is 2.14. The maximum absolute atomic E-state index is 9.58. The zero-order chi connectivity index (χ0) is 18.7. The van der Waals surface area contributed by atoms with Crippen molar-refractivity contribution in [3.8, 4) is 17.6 Å². The monoisotopic (exact) mass is 348 g/mol. The number of nitrogens with one attached hydrogen (secondary N) is 1. The van der Waals surface area contributed by atoms with Gasteiger partial charge in [-0.1, -0.05) is 6.07 Å². The summed E-state index contributed by atoms with van der Waals surface area (Å²) in [5, 5.41) is 13.6. The molecule has 0 saturated heterocycles. The molecule has 0 saturated carbocycles. The van der Waals surface area contributed by atoms with E-state index in [1.54, 1.807) is 32.4 Å². The van der Waals surface area contributed by atoms with Gasteiger partial charge in [0.15, 0.2) is 0 Å². The van der Waals surface area contributed by atoms with Crippen LogP contribution in [0, 0.1) is 11.3 Å². The van der Waals surface area contributed by atoms with Crippen LogP contribution in [0.15, 0.2) is 42.5 Å². The fourth-order valence-corrected chi connectivity index (χ4v) is 2.73.